The van der Waals surface area contributed by atoms with Crippen LogP contribution in [0.3, 0.4) is 0 Å². The number of nitrogens with zero attached hydrogens (tertiary/aromatic N) is 2. The van der Waals surface area contributed by atoms with E-state index in [0.29, 0.717) is 32.5 Å². The molecule has 3 aliphatic heterocycles. The number of carbonyl (C=O) groups excluding carboxylic acids is 1. The number of fused-ring (bicyclic) bond motifs is 2. The zero-order valence-corrected chi connectivity index (χ0v) is 11.8. The summed E-state index contributed by atoms with van der Waals surface area (Å²) in [4.78, 5) is 27.4. The average Bonchev–Trinajstić information content (AvgIpc) is 2.76. The van der Waals surface area contributed by atoms with Crippen LogP contribution in [-0.4, -0.2) is 64.8 Å². The Morgan fingerprint density at radius 1 is 1.15 bits per heavy atom. The van der Waals surface area contributed by atoms with E-state index in [-0.39, 0.29) is 30.2 Å². The molecule has 0 aromatic heterocycles. The molecule has 3 saturated heterocycles. The predicted octanol–water partition coefficient (Wildman–Crippen LogP) is 1.15. The number of carbonyl (C=O) groups is 2. The quantitative estimate of drug-likeness (QED) is 0.783. The van der Waals surface area contributed by atoms with Crippen molar-refractivity contribution in [1.82, 2.24) is 9.80 Å². The fourth-order valence-electron chi connectivity index (χ4n) is 3.63. The standard InChI is InChI=1S/C14H22N2O4/c1-9-6-10(13(17)18)4-5-16(9)14(19)15-7-11-2-3-12(8-15)20-11/h9-12H,2-8H2,1H3,(H,17,18). The monoisotopic (exact) mass is 282 g/mol. The number of morpholine rings is 1. The van der Waals surface area contributed by atoms with Crippen molar-refractivity contribution in [3.63, 3.8) is 0 Å². The van der Waals surface area contributed by atoms with Crippen LogP contribution in [0.2, 0.25) is 0 Å². The first-order chi connectivity index (χ1) is 9.54. The van der Waals surface area contributed by atoms with Crippen molar-refractivity contribution < 1.29 is 19.4 Å². The Morgan fingerprint density at radius 2 is 1.80 bits per heavy atom. The van der Waals surface area contributed by atoms with Gasteiger partial charge in [0, 0.05) is 25.7 Å². The van der Waals surface area contributed by atoms with E-state index in [0.717, 1.165) is 12.8 Å². The number of hydrogen-bond donors (Lipinski definition) is 1. The van der Waals surface area contributed by atoms with Crippen LogP contribution < -0.4 is 0 Å². The van der Waals surface area contributed by atoms with Gasteiger partial charge in [0.25, 0.3) is 0 Å². The third-order valence-corrected chi connectivity index (χ3v) is 4.79. The number of rotatable bonds is 1. The smallest absolute Gasteiger partial charge is 0.320 e. The fraction of sp³-hybridized carbons (Fsp3) is 0.857. The van der Waals surface area contributed by atoms with Gasteiger partial charge in [-0.1, -0.05) is 0 Å². The Hall–Kier alpha value is -1.30. The molecule has 3 fully saturated rings. The van der Waals surface area contributed by atoms with Crippen LogP contribution in [0.1, 0.15) is 32.6 Å². The van der Waals surface area contributed by atoms with Crippen LogP contribution in [0.4, 0.5) is 4.79 Å². The number of ether oxygens (including phenoxy) is 1. The first kappa shape index (κ1) is 13.7. The van der Waals surface area contributed by atoms with Crippen molar-refractivity contribution >= 4 is 12.0 Å². The summed E-state index contributed by atoms with van der Waals surface area (Å²) in [5.41, 5.74) is 0. The van der Waals surface area contributed by atoms with E-state index in [1.165, 1.54) is 0 Å². The molecule has 20 heavy (non-hydrogen) atoms. The second-order valence-electron chi connectivity index (χ2n) is 6.25. The van der Waals surface area contributed by atoms with E-state index in [1.807, 2.05) is 16.7 Å². The molecule has 3 heterocycles. The lowest BCUT2D eigenvalue weighted by atomic mass is 9.92. The van der Waals surface area contributed by atoms with Crippen molar-refractivity contribution in [1.29, 1.82) is 0 Å². The summed E-state index contributed by atoms with van der Waals surface area (Å²) >= 11 is 0. The topological polar surface area (TPSA) is 70.1 Å². The number of urea groups is 1. The average molecular weight is 282 g/mol. The van der Waals surface area contributed by atoms with Crippen LogP contribution in [0.5, 0.6) is 0 Å². The van der Waals surface area contributed by atoms with Gasteiger partial charge >= 0.3 is 12.0 Å². The summed E-state index contributed by atoms with van der Waals surface area (Å²) in [6.45, 7) is 3.85. The van der Waals surface area contributed by atoms with Gasteiger partial charge in [0.2, 0.25) is 0 Å². The van der Waals surface area contributed by atoms with Crippen LogP contribution in [0, 0.1) is 5.92 Å². The summed E-state index contributed by atoms with van der Waals surface area (Å²) in [5, 5.41) is 9.08. The largest absolute Gasteiger partial charge is 0.481 e. The zero-order valence-electron chi connectivity index (χ0n) is 11.8. The predicted molar refractivity (Wildman–Crippen MR) is 71.4 cm³/mol. The van der Waals surface area contributed by atoms with E-state index in [9.17, 15) is 9.59 Å². The molecule has 1 N–H and O–H groups in total. The Balaban J connectivity index is 1.61. The minimum absolute atomic E-state index is 0.00199. The van der Waals surface area contributed by atoms with Gasteiger partial charge < -0.3 is 19.6 Å². The SMILES string of the molecule is CC1CC(C(=O)O)CCN1C(=O)N1CC2CCC(C1)O2. The van der Waals surface area contributed by atoms with Crippen molar-refractivity contribution in [3.8, 4) is 0 Å². The number of carboxylic acids is 1. The summed E-state index contributed by atoms with van der Waals surface area (Å²) in [6, 6.07) is 0.0550. The van der Waals surface area contributed by atoms with Gasteiger partial charge in [0.15, 0.2) is 0 Å². The molecule has 0 spiro atoms. The van der Waals surface area contributed by atoms with Gasteiger partial charge in [-0.2, -0.15) is 0 Å². The van der Waals surface area contributed by atoms with E-state index < -0.39 is 5.97 Å². The van der Waals surface area contributed by atoms with Gasteiger partial charge in [0.1, 0.15) is 0 Å². The lowest BCUT2D eigenvalue weighted by molar-refractivity contribution is -0.143. The second kappa shape index (κ2) is 5.24. The highest BCUT2D eigenvalue weighted by Crippen LogP contribution is 2.29. The van der Waals surface area contributed by atoms with Gasteiger partial charge in [-0.3, -0.25) is 4.79 Å². The summed E-state index contributed by atoms with van der Waals surface area (Å²) in [6.07, 6.45) is 3.60. The highest BCUT2D eigenvalue weighted by molar-refractivity contribution is 5.76. The molecule has 2 bridgehead atoms. The maximum absolute atomic E-state index is 12.6. The molecular weight excluding hydrogens is 260 g/mol. The molecule has 0 aromatic rings. The Bertz CT molecular complexity index is 402. The normalized spacial score (nSPS) is 37.0. The number of piperidine rings is 1. The first-order valence-electron chi connectivity index (χ1n) is 7.48. The molecule has 6 heteroatoms. The Morgan fingerprint density at radius 3 is 2.35 bits per heavy atom. The van der Waals surface area contributed by atoms with Crippen molar-refractivity contribution in [2.75, 3.05) is 19.6 Å². The van der Waals surface area contributed by atoms with E-state index in [1.54, 1.807) is 0 Å². The van der Waals surface area contributed by atoms with Gasteiger partial charge in [-0.25, -0.2) is 4.79 Å². The maximum atomic E-state index is 12.6. The summed E-state index contributed by atoms with van der Waals surface area (Å²) in [5.74, 6) is -1.05. The highest BCUT2D eigenvalue weighted by Gasteiger charge is 2.39. The number of carboxylic acid groups (broad SMARTS) is 1. The van der Waals surface area contributed by atoms with Crippen molar-refractivity contribution in [2.45, 2.75) is 50.9 Å². The molecule has 0 aliphatic carbocycles. The minimum atomic E-state index is -0.742. The highest BCUT2D eigenvalue weighted by atomic mass is 16.5. The van der Waals surface area contributed by atoms with Crippen LogP contribution in [0.15, 0.2) is 0 Å². The number of aliphatic carboxylic acids is 1. The molecule has 6 nitrogen and oxygen atoms in total. The van der Waals surface area contributed by atoms with Crippen LogP contribution in [-0.2, 0) is 9.53 Å². The molecule has 4 atom stereocenters. The summed E-state index contributed by atoms with van der Waals surface area (Å²) < 4.78 is 5.75. The molecule has 112 valence electrons. The lowest BCUT2D eigenvalue weighted by Gasteiger charge is -2.41. The lowest BCUT2D eigenvalue weighted by Crippen LogP contribution is -2.55. The molecular formula is C14H22N2O4. The third kappa shape index (κ3) is 2.49. The number of hydrogen-bond acceptors (Lipinski definition) is 3. The van der Waals surface area contributed by atoms with Crippen molar-refractivity contribution in [2.24, 2.45) is 5.92 Å². The number of likely N-dealkylation sites (tertiary alicyclic amines) is 2. The second-order valence-corrected chi connectivity index (χ2v) is 6.25. The molecule has 0 radical (unpaired) electrons. The minimum Gasteiger partial charge on any atom is -0.481 e. The van der Waals surface area contributed by atoms with E-state index in [4.69, 9.17) is 9.84 Å². The molecule has 3 rings (SSSR count). The molecule has 4 unspecified atom stereocenters. The third-order valence-electron chi connectivity index (χ3n) is 4.79. The van der Waals surface area contributed by atoms with E-state index >= 15 is 0 Å². The molecule has 0 saturated carbocycles. The number of amides is 2. The van der Waals surface area contributed by atoms with Crippen LogP contribution in [0.25, 0.3) is 0 Å². The Labute approximate surface area is 118 Å². The van der Waals surface area contributed by atoms with Gasteiger partial charge in [-0.15, -0.1) is 0 Å². The first-order valence-corrected chi connectivity index (χ1v) is 7.48. The maximum Gasteiger partial charge on any atom is 0.320 e. The molecule has 0 aromatic carbocycles. The fourth-order valence-corrected chi connectivity index (χ4v) is 3.63. The Kier molecular flexibility index (Phi) is 3.58. The van der Waals surface area contributed by atoms with E-state index in [2.05, 4.69) is 0 Å². The summed E-state index contributed by atoms with van der Waals surface area (Å²) in [7, 11) is 0. The zero-order chi connectivity index (χ0) is 14.3. The van der Waals surface area contributed by atoms with Gasteiger partial charge in [-0.05, 0) is 32.6 Å². The van der Waals surface area contributed by atoms with Crippen molar-refractivity contribution in [3.05, 3.63) is 0 Å². The molecule has 3 aliphatic rings. The molecule has 2 amide bonds. The van der Waals surface area contributed by atoms with Gasteiger partial charge in [0.05, 0.1) is 18.1 Å². The van der Waals surface area contributed by atoms with Crippen LogP contribution >= 0.6 is 0 Å².